The lowest BCUT2D eigenvalue weighted by Gasteiger charge is -2.36. The normalized spacial score (nSPS) is 28.9. The number of aliphatic hydroxyl groups excluding tert-OH is 1. The summed E-state index contributed by atoms with van der Waals surface area (Å²) in [5, 5.41) is 9.55. The van der Waals surface area contributed by atoms with Crippen molar-refractivity contribution in [3.05, 3.63) is 0 Å². The van der Waals surface area contributed by atoms with Crippen LogP contribution in [0.2, 0.25) is 0 Å². The lowest BCUT2D eigenvalue weighted by atomic mass is 9.92. The van der Waals surface area contributed by atoms with Crippen LogP contribution in [0.4, 0.5) is 4.79 Å². The Balaban J connectivity index is 1.97. The van der Waals surface area contributed by atoms with Crippen LogP contribution in [0.25, 0.3) is 0 Å². The van der Waals surface area contributed by atoms with Gasteiger partial charge in [0, 0.05) is 12.1 Å². The number of carbonyl (C=O) groups excluding carboxylic acids is 1. The first-order chi connectivity index (χ1) is 8.37. The van der Waals surface area contributed by atoms with E-state index in [4.69, 9.17) is 4.74 Å². The van der Waals surface area contributed by atoms with E-state index >= 15 is 0 Å². The van der Waals surface area contributed by atoms with Crippen molar-refractivity contribution in [3.8, 4) is 0 Å². The highest BCUT2D eigenvalue weighted by Crippen LogP contribution is 2.34. The highest BCUT2D eigenvalue weighted by atomic mass is 16.6. The van der Waals surface area contributed by atoms with Gasteiger partial charge in [-0.05, 0) is 59.3 Å². The summed E-state index contributed by atoms with van der Waals surface area (Å²) in [5.74, 6) is 0. The molecular formula is C14H25NO3. The molecule has 18 heavy (non-hydrogen) atoms. The van der Waals surface area contributed by atoms with Crippen LogP contribution in [0.5, 0.6) is 0 Å². The Labute approximate surface area is 109 Å². The number of hydrogen-bond acceptors (Lipinski definition) is 3. The van der Waals surface area contributed by atoms with Crippen LogP contribution in [0.1, 0.15) is 59.3 Å². The molecule has 1 amide bonds. The Kier molecular flexibility index (Phi) is 3.85. The summed E-state index contributed by atoms with van der Waals surface area (Å²) in [5.41, 5.74) is -0.432. The highest BCUT2D eigenvalue weighted by Gasteiger charge is 2.40. The first kappa shape index (κ1) is 13.7. The van der Waals surface area contributed by atoms with E-state index in [1.54, 1.807) is 0 Å². The van der Waals surface area contributed by atoms with Gasteiger partial charge in [0.05, 0.1) is 6.10 Å². The topological polar surface area (TPSA) is 49.8 Å². The molecule has 2 rings (SSSR count). The molecule has 2 saturated carbocycles. The van der Waals surface area contributed by atoms with Gasteiger partial charge in [0.2, 0.25) is 0 Å². The fourth-order valence-corrected chi connectivity index (χ4v) is 2.60. The average molecular weight is 255 g/mol. The van der Waals surface area contributed by atoms with Gasteiger partial charge >= 0.3 is 6.09 Å². The Morgan fingerprint density at radius 3 is 1.89 bits per heavy atom. The largest absolute Gasteiger partial charge is 0.444 e. The molecular weight excluding hydrogens is 230 g/mol. The minimum Gasteiger partial charge on any atom is -0.444 e. The van der Waals surface area contributed by atoms with Crippen LogP contribution < -0.4 is 0 Å². The first-order valence-corrected chi connectivity index (χ1v) is 7.06. The zero-order valence-corrected chi connectivity index (χ0v) is 11.7. The predicted octanol–water partition coefficient (Wildman–Crippen LogP) is 2.69. The van der Waals surface area contributed by atoms with Crippen molar-refractivity contribution >= 4 is 6.09 Å². The summed E-state index contributed by atoms with van der Waals surface area (Å²) in [6.45, 7) is 5.71. The van der Waals surface area contributed by atoms with Crippen molar-refractivity contribution in [1.29, 1.82) is 0 Å². The SMILES string of the molecule is CC(C)(C)OC(=O)N(C1CCC(O)CC1)C1CC1. The summed E-state index contributed by atoms with van der Waals surface area (Å²) in [6, 6.07) is 0.635. The van der Waals surface area contributed by atoms with Gasteiger partial charge in [-0.2, -0.15) is 0 Å². The van der Waals surface area contributed by atoms with E-state index in [1.807, 2.05) is 25.7 Å². The molecule has 2 aliphatic rings. The summed E-state index contributed by atoms with van der Waals surface area (Å²) in [6.07, 6.45) is 5.24. The molecule has 0 aliphatic heterocycles. The minimum absolute atomic E-state index is 0.175. The maximum Gasteiger partial charge on any atom is 0.410 e. The zero-order chi connectivity index (χ0) is 13.3. The van der Waals surface area contributed by atoms with Crippen LogP contribution >= 0.6 is 0 Å². The molecule has 0 aromatic rings. The summed E-state index contributed by atoms with van der Waals surface area (Å²) in [4.78, 5) is 14.2. The average Bonchev–Trinajstić information content (AvgIpc) is 3.03. The third kappa shape index (κ3) is 3.61. The summed E-state index contributed by atoms with van der Waals surface area (Å²) in [7, 11) is 0. The van der Waals surface area contributed by atoms with E-state index in [0.717, 1.165) is 38.5 Å². The van der Waals surface area contributed by atoms with Crippen LogP contribution in [-0.4, -0.2) is 39.9 Å². The summed E-state index contributed by atoms with van der Waals surface area (Å²) < 4.78 is 5.51. The number of amides is 1. The Hall–Kier alpha value is -0.770. The lowest BCUT2D eigenvalue weighted by Crippen LogP contribution is -2.46. The van der Waals surface area contributed by atoms with Crippen LogP contribution in [0.3, 0.4) is 0 Å². The number of ether oxygens (including phenoxy) is 1. The molecule has 4 nitrogen and oxygen atoms in total. The van der Waals surface area contributed by atoms with Gasteiger partial charge in [-0.3, -0.25) is 0 Å². The molecule has 0 unspecified atom stereocenters. The molecule has 0 atom stereocenters. The number of hydrogen-bond donors (Lipinski definition) is 1. The molecule has 0 aromatic carbocycles. The Bertz CT molecular complexity index is 299. The molecule has 0 spiro atoms. The Morgan fingerprint density at radius 2 is 1.50 bits per heavy atom. The van der Waals surface area contributed by atoms with Gasteiger partial charge in [-0.25, -0.2) is 4.79 Å². The quantitative estimate of drug-likeness (QED) is 0.825. The fourth-order valence-electron chi connectivity index (χ4n) is 2.60. The number of nitrogens with zero attached hydrogens (tertiary/aromatic N) is 1. The molecule has 104 valence electrons. The van der Waals surface area contributed by atoms with Crippen molar-refractivity contribution in [3.63, 3.8) is 0 Å². The van der Waals surface area contributed by atoms with Crippen molar-refractivity contribution in [2.24, 2.45) is 0 Å². The van der Waals surface area contributed by atoms with E-state index in [2.05, 4.69) is 0 Å². The van der Waals surface area contributed by atoms with Crippen molar-refractivity contribution in [1.82, 2.24) is 4.90 Å². The van der Waals surface area contributed by atoms with E-state index in [-0.39, 0.29) is 18.2 Å². The van der Waals surface area contributed by atoms with Gasteiger partial charge < -0.3 is 14.7 Å². The predicted molar refractivity (Wildman–Crippen MR) is 69.4 cm³/mol. The number of aliphatic hydroxyl groups is 1. The second-order valence-corrected chi connectivity index (χ2v) is 6.58. The van der Waals surface area contributed by atoms with Crippen LogP contribution in [0, 0.1) is 0 Å². The van der Waals surface area contributed by atoms with Crippen molar-refractivity contribution in [2.75, 3.05) is 0 Å². The maximum atomic E-state index is 12.3. The van der Waals surface area contributed by atoms with Gasteiger partial charge in [-0.15, -0.1) is 0 Å². The molecule has 2 aliphatic carbocycles. The Morgan fingerprint density at radius 1 is 1.06 bits per heavy atom. The van der Waals surface area contributed by atoms with Crippen LogP contribution in [0.15, 0.2) is 0 Å². The highest BCUT2D eigenvalue weighted by molar-refractivity contribution is 5.69. The molecule has 0 aromatic heterocycles. The van der Waals surface area contributed by atoms with Gasteiger partial charge in [0.25, 0.3) is 0 Å². The minimum atomic E-state index is -0.432. The molecule has 2 fully saturated rings. The number of carbonyl (C=O) groups is 1. The van der Waals surface area contributed by atoms with Crippen molar-refractivity contribution < 1.29 is 14.6 Å². The molecule has 1 N–H and O–H groups in total. The van der Waals surface area contributed by atoms with Crippen molar-refractivity contribution in [2.45, 2.75) is 83.1 Å². The summed E-state index contributed by atoms with van der Waals surface area (Å²) >= 11 is 0. The van der Waals surface area contributed by atoms with Gasteiger partial charge in [0.1, 0.15) is 5.60 Å². The first-order valence-electron chi connectivity index (χ1n) is 7.06. The molecule has 4 heteroatoms. The molecule has 0 bridgehead atoms. The maximum absolute atomic E-state index is 12.3. The second-order valence-electron chi connectivity index (χ2n) is 6.58. The third-order valence-corrected chi connectivity index (χ3v) is 3.60. The van der Waals surface area contributed by atoms with E-state index in [1.165, 1.54) is 0 Å². The molecule has 0 saturated heterocycles. The monoisotopic (exact) mass is 255 g/mol. The second kappa shape index (κ2) is 5.08. The molecule has 0 heterocycles. The molecule has 0 radical (unpaired) electrons. The smallest absolute Gasteiger partial charge is 0.410 e. The number of rotatable bonds is 2. The van der Waals surface area contributed by atoms with E-state index in [0.29, 0.717) is 6.04 Å². The van der Waals surface area contributed by atoms with Gasteiger partial charge in [-0.1, -0.05) is 0 Å². The van der Waals surface area contributed by atoms with E-state index in [9.17, 15) is 9.90 Å². The van der Waals surface area contributed by atoms with Gasteiger partial charge in [0.15, 0.2) is 0 Å². The fraction of sp³-hybridized carbons (Fsp3) is 0.929. The van der Waals surface area contributed by atoms with E-state index < -0.39 is 5.60 Å². The van der Waals surface area contributed by atoms with Crippen LogP contribution in [-0.2, 0) is 4.74 Å². The standard InChI is InChI=1S/C14H25NO3/c1-14(2,3)18-13(17)15(10-4-5-10)11-6-8-12(16)9-7-11/h10-12,16H,4-9H2,1-3H3. The third-order valence-electron chi connectivity index (χ3n) is 3.60. The zero-order valence-electron chi connectivity index (χ0n) is 11.7. The lowest BCUT2D eigenvalue weighted by molar-refractivity contribution is 0.00272.